The molecule has 0 aromatic heterocycles. The van der Waals surface area contributed by atoms with Crippen LogP contribution in [0, 0.1) is 11.7 Å². The van der Waals surface area contributed by atoms with Gasteiger partial charge in [0.05, 0.1) is 0 Å². The number of alkyl halides is 1. The van der Waals surface area contributed by atoms with E-state index < -0.39 is 0 Å². The van der Waals surface area contributed by atoms with Gasteiger partial charge in [-0.2, -0.15) is 0 Å². The fourth-order valence-corrected chi connectivity index (χ4v) is 4.14. The van der Waals surface area contributed by atoms with Gasteiger partial charge in [-0.15, -0.1) is 0 Å². The quantitative estimate of drug-likeness (QED) is 0.718. The van der Waals surface area contributed by atoms with Crippen LogP contribution in [0.5, 0.6) is 5.75 Å². The molecule has 0 amide bonds. The van der Waals surface area contributed by atoms with Gasteiger partial charge in [0.2, 0.25) is 0 Å². The van der Waals surface area contributed by atoms with Gasteiger partial charge in [-0.1, -0.05) is 28.8 Å². The first-order valence-corrected chi connectivity index (χ1v) is 8.23. The molecule has 2 aliphatic rings. The lowest BCUT2D eigenvalue weighted by Gasteiger charge is -2.19. The lowest BCUT2D eigenvalue weighted by atomic mass is 9.98. The zero-order valence-electron chi connectivity index (χ0n) is 11.1. The van der Waals surface area contributed by atoms with Crippen LogP contribution < -0.4 is 4.74 Å². The summed E-state index contributed by atoms with van der Waals surface area (Å²) in [7, 11) is 0. The van der Waals surface area contributed by atoms with Gasteiger partial charge in [-0.3, -0.25) is 0 Å². The molecule has 2 atom stereocenters. The topological polar surface area (TPSA) is 9.23 Å². The highest BCUT2D eigenvalue weighted by Gasteiger charge is 2.27. The van der Waals surface area contributed by atoms with Gasteiger partial charge < -0.3 is 4.74 Å². The normalized spacial score (nSPS) is 24.2. The first-order chi connectivity index (χ1) is 9.22. The van der Waals surface area contributed by atoms with Gasteiger partial charge in [-0.05, 0) is 49.8 Å². The second-order valence-corrected chi connectivity index (χ2v) is 7.01. The molecule has 1 nitrogen and oxygen atoms in total. The molecule has 3 rings (SSSR count). The number of hydrogen-bond acceptors (Lipinski definition) is 1. The van der Waals surface area contributed by atoms with E-state index in [0.717, 1.165) is 36.5 Å². The Morgan fingerprint density at radius 3 is 2.89 bits per heavy atom. The van der Waals surface area contributed by atoms with Crippen LogP contribution in [0.25, 0.3) is 0 Å². The molecule has 0 spiro atoms. The van der Waals surface area contributed by atoms with E-state index in [-0.39, 0.29) is 11.9 Å². The van der Waals surface area contributed by atoms with Crippen LogP contribution in [0.4, 0.5) is 4.39 Å². The minimum absolute atomic E-state index is 0.160. The van der Waals surface area contributed by atoms with E-state index in [1.807, 2.05) is 0 Å². The van der Waals surface area contributed by atoms with Crippen LogP contribution in [-0.2, 0) is 6.42 Å². The van der Waals surface area contributed by atoms with Crippen LogP contribution >= 0.6 is 15.9 Å². The van der Waals surface area contributed by atoms with Gasteiger partial charge in [0, 0.05) is 16.8 Å². The van der Waals surface area contributed by atoms with Crippen molar-refractivity contribution in [3.63, 3.8) is 0 Å². The summed E-state index contributed by atoms with van der Waals surface area (Å²) in [5.41, 5.74) is 1.02. The van der Waals surface area contributed by atoms with Crippen molar-refractivity contribution in [3.05, 3.63) is 29.6 Å². The minimum atomic E-state index is -0.160. The fourth-order valence-electron chi connectivity index (χ4n) is 3.35. The van der Waals surface area contributed by atoms with Crippen molar-refractivity contribution in [2.24, 2.45) is 5.92 Å². The summed E-state index contributed by atoms with van der Waals surface area (Å²) in [4.78, 5) is 0.624. The molecule has 1 heterocycles. The van der Waals surface area contributed by atoms with Crippen molar-refractivity contribution >= 4 is 15.9 Å². The maximum atomic E-state index is 13.1. The molecule has 2 unspecified atom stereocenters. The second kappa shape index (κ2) is 5.82. The molecule has 0 radical (unpaired) electrons. The third-order valence-electron chi connectivity index (χ3n) is 4.44. The smallest absolute Gasteiger partial charge is 0.123 e. The van der Waals surface area contributed by atoms with Crippen LogP contribution in [-0.4, -0.2) is 10.9 Å². The van der Waals surface area contributed by atoms with Crippen molar-refractivity contribution < 1.29 is 9.13 Å². The van der Waals surface area contributed by atoms with E-state index in [9.17, 15) is 4.39 Å². The van der Waals surface area contributed by atoms with Gasteiger partial charge in [-0.25, -0.2) is 4.39 Å². The zero-order chi connectivity index (χ0) is 13.2. The Balaban J connectivity index is 1.50. The van der Waals surface area contributed by atoms with Crippen LogP contribution in [0.1, 0.15) is 44.1 Å². The molecular weight excluding hydrogens is 307 g/mol. The van der Waals surface area contributed by atoms with E-state index in [4.69, 9.17) is 4.74 Å². The molecule has 1 fully saturated rings. The number of halogens is 2. The Morgan fingerprint density at radius 1 is 1.32 bits per heavy atom. The zero-order valence-corrected chi connectivity index (χ0v) is 12.7. The molecule has 0 saturated heterocycles. The van der Waals surface area contributed by atoms with Crippen molar-refractivity contribution in [3.8, 4) is 5.75 Å². The monoisotopic (exact) mass is 326 g/mol. The highest BCUT2D eigenvalue weighted by Crippen LogP contribution is 2.36. The summed E-state index contributed by atoms with van der Waals surface area (Å²) in [6, 6.07) is 4.85. The molecule has 1 saturated carbocycles. The van der Waals surface area contributed by atoms with E-state index >= 15 is 0 Å². The van der Waals surface area contributed by atoms with Gasteiger partial charge in [0.15, 0.2) is 0 Å². The van der Waals surface area contributed by atoms with E-state index in [2.05, 4.69) is 15.9 Å². The Bertz CT molecular complexity index is 442. The molecule has 1 aliphatic carbocycles. The summed E-state index contributed by atoms with van der Waals surface area (Å²) in [6.07, 6.45) is 8.82. The van der Waals surface area contributed by atoms with E-state index in [1.54, 1.807) is 12.1 Å². The van der Waals surface area contributed by atoms with Gasteiger partial charge in [0.25, 0.3) is 0 Å². The van der Waals surface area contributed by atoms with Crippen molar-refractivity contribution in [2.45, 2.75) is 55.9 Å². The number of hydrogen-bond donors (Lipinski definition) is 0. The molecule has 1 aromatic carbocycles. The summed E-state index contributed by atoms with van der Waals surface area (Å²) in [6.45, 7) is 0. The average molecular weight is 327 g/mol. The summed E-state index contributed by atoms with van der Waals surface area (Å²) < 4.78 is 19.0. The maximum absolute atomic E-state index is 13.1. The third-order valence-corrected chi connectivity index (χ3v) is 5.64. The van der Waals surface area contributed by atoms with Crippen molar-refractivity contribution in [1.82, 2.24) is 0 Å². The summed E-state index contributed by atoms with van der Waals surface area (Å²) in [5, 5.41) is 0. The number of benzene rings is 1. The molecule has 104 valence electrons. The molecule has 19 heavy (non-hydrogen) atoms. The fraction of sp³-hybridized carbons (Fsp3) is 0.625. The highest BCUT2D eigenvalue weighted by atomic mass is 79.9. The standard InChI is InChI=1S/C16H20BrFO/c17-15(11-3-1-2-4-11)7-6-14-10-12-9-13(18)5-8-16(12)19-14/h5,8-9,11,14-15H,1-4,6-7,10H2. The lowest BCUT2D eigenvalue weighted by molar-refractivity contribution is 0.215. The Kier molecular flexibility index (Phi) is 4.11. The van der Waals surface area contributed by atoms with E-state index in [1.165, 1.54) is 31.7 Å². The van der Waals surface area contributed by atoms with Crippen molar-refractivity contribution in [1.29, 1.82) is 0 Å². The van der Waals surface area contributed by atoms with Gasteiger partial charge in [0.1, 0.15) is 17.7 Å². The SMILES string of the molecule is Fc1ccc2c(c1)CC(CCC(Br)C1CCCC1)O2. The Labute approximate surface area is 122 Å². The molecule has 0 N–H and O–H groups in total. The first kappa shape index (κ1) is 13.4. The molecule has 1 aliphatic heterocycles. The van der Waals surface area contributed by atoms with Crippen LogP contribution in [0.2, 0.25) is 0 Å². The van der Waals surface area contributed by atoms with Crippen LogP contribution in [0.3, 0.4) is 0 Å². The van der Waals surface area contributed by atoms with Crippen LogP contribution in [0.15, 0.2) is 18.2 Å². The lowest BCUT2D eigenvalue weighted by Crippen LogP contribution is -2.18. The molecular formula is C16H20BrFO. The largest absolute Gasteiger partial charge is 0.490 e. The molecule has 0 bridgehead atoms. The van der Waals surface area contributed by atoms with E-state index in [0.29, 0.717) is 4.83 Å². The third kappa shape index (κ3) is 3.13. The average Bonchev–Trinajstić information content (AvgIpc) is 3.04. The predicted octanol–water partition coefficient (Wildman–Crippen LogP) is 4.86. The van der Waals surface area contributed by atoms with Crippen molar-refractivity contribution in [2.75, 3.05) is 0 Å². The Morgan fingerprint density at radius 2 is 2.11 bits per heavy atom. The first-order valence-electron chi connectivity index (χ1n) is 7.31. The second-order valence-electron chi connectivity index (χ2n) is 5.83. The number of rotatable bonds is 4. The predicted molar refractivity (Wildman–Crippen MR) is 78.4 cm³/mol. The maximum Gasteiger partial charge on any atom is 0.123 e. The Hall–Kier alpha value is -0.570. The highest BCUT2D eigenvalue weighted by molar-refractivity contribution is 9.09. The molecule has 3 heteroatoms. The number of fused-ring (bicyclic) bond motifs is 1. The summed E-state index contributed by atoms with van der Waals surface area (Å²) in [5.74, 6) is 1.56. The summed E-state index contributed by atoms with van der Waals surface area (Å²) >= 11 is 3.84. The number of ether oxygens (including phenoxy) is 1. The molecule has 1 aromatic rings. The minimum Gasteiger partial charge on any atom is -0.490 e. The van der Waals surface area contributed by atoms with Gasteiger partial charge >= 0.3 is 0 Å².